The summed E-state index contributed by atoms with van der Waals surface area (Å²) >= 11 is 9.19. The van der Waals surface area contributed by atoms with Crippen LogP contribution in [0.3, 0.4) is 0 Å². The van der Waals surface area contributed by atoms with Crippen molar-refractivity contribution in [2.75, 3.05) is 7.11 Å². The number of carbonyl (C=O) groups is 1. The molecule has 0 saturated carbocycles. The van der Waals surface area contributed by atoms with Crippen molar-refractivity contribution in [3.8, 4) is 5.75 Å². The maximum Gasteiger partial charge on any atom is 0.254 e. The number of carbonyl (C=O) groups excluding carboxylic acids is 1. The third-order valence-corrected chi connectivity index (χ3v) is 4.05. The van der Waals surface area contributed by atoms with E-state index in [-0.39, 0.29) is 11.6 Å². The van der Waals surface area contributed by atoms with Crippen molar-refractivity contribution in [3.63, 3.8) is 0 Å². The molecule has 1 amide bonds. The van der Waals surface area contributed by atoms with Crippen molar-refractivity contribution in [2.24, 2.45) is 0 Å². The van der Waals surface area contributed by atoms with Crippen LogP contribution in [-0.4, -0.2) is 13.0 Å². The molecule has 1 atom stereocenters. The predicted molar refractivity (Wildman–Crippen MR) is 88.0 cm³/mol. The fourth-order valence-electron chi connectivity index (χ4n) is 1.98. The third-order valence-electron chi connectivity index (χ3n) is 3.20. The maximum absolute atomic E-state index is 13.7. The smallest absolute Gasteiger partial charge is 0.254 e. The lowest BCUT2D eigenvalue weighted by molar-refractivity contribution is 0.0936. The molecule has 0 aromatic heterocycles. The monoisotopic (exact) mass is 385 g/mol. The molecular formula is C16H14BrClFNO2. The number of rotatable bonds is 4. The number of methoxy groups -OCH3 is 1. The molecule has 0 radical (unpaired) electrons. The zero-order chi connectivity index (χ0) is 16.3. The Morgan fingerprint density at radius 2 is 2.05 bits per heavy atom. The van der Waals surface area contributed by atoms with Gasteiger partial charge in [-0.3, -0.25) is 4.79 Å². The Hall–Kier alpha value is -1.59. The van der Waals surface area contributed by atoms with Gasteiger partial charge in [0.1, 0.15) is 11.6 Å². The minimum absolute atomic E-state index is 0.0769. The van der Waals surface area contributed by atoms with E-state index in [0.717, 1.165) is 10.0 Å². The first-order valence-electron chi connectivity index (χ1n) is 6.51. The van der Waals surface area contributed by atoms with Crippen molar-refractivity contribution in [3.05, 3.63) is 62.8 Å². The Morgan fingerprint density at radius 1 is 1.32 bits per heavy atom. The van der Waals surface area contributed by atoms with Crippen LogP contribution in [0.5, 0.6) is 5.75 Å². The quantitative estimate of drug-likeness (QED) is 0.824. The average molecular weight is 387 g/mol. The predicted octanol–water partition coefficient (Wildman–Crippen LogP) is 4.74. The summed E-state index contributed by atoms with van der Waals surface area (Å²) in [6, 6.07) is 9.06. The van der Waals surface area contributed by atoms with Gasteiger partial charge in [-0.05, 0) is 58.7 Å². The Bertz CT molecular complexity index is 709. The lowest BCUT2D eigenvalue weighted by Gasteiger charge is -2.16. The zero-order valence-electron chi connectivity index (χ0n) is 12.0. The molecule has 22 heavy (non-hydrogen) atoms. The Balaban J connectivity index is 2.17. The second kappa shape index (κ2) is 7.11. The Kier molecular flexibility index (Phi) is 5.42. The molecule has 0 heterocycles. The molecule has 2 aromatic carbocycles. The highest BCUT2D eigenvalue weighted by atomic mass is 79.9. The van der Waals surface area contributed by atoms with Crippen LogP contribution in [0.25, 0.3) is 0 Å². The van der Waals surface area contributed by atoms with Crippen LogP contribution in [0.4, 0.5) is 4.39 Å². The Labute approximate surface area is 141 Å². The molecule has 0 saturated heterocycles. The van der Waals surface area contributed by atoms with E-state index >= 15 is 0 Å². The van der Waals surface area contributed by atoms with Gasteiger partial charge in [0, 0.05) is 5.02 Å². The fraction of sp³-hybridized carbons (Fsp3) is 0.188. The standard InChI is InChI=1S/C16H14BrClFNO2/c1-9(10-3-6-15(22-2)13(17)7-10)20-16(21)12-8-11(18)4-5-14(12)19/h3-9H,1-2H3,(H,20,21). The number of amides is 1. The molecule has 1 unspecified atom stereocenters. The molecule has 0 fully saturated rings. The van der Waals surface area contributed by atoms with E-state index < -0.39 is 11.7 Å². The molecule has 0 bridgehead atoms. The average Bonchev–Trinajstić information content (AvgIpc) is 2.49. The van der Waals surface area contributed by atoms with Crippen LogP contribution in [-0.2, 0) is 0 Å². The van der Waals surface area contributed by atoms with Gasteiger partial charge in [0.15, 0.2) is 0 Å². The van der Waals surface area contributed by atoms with Crippen molar-refractivity contribution < 1.29 is 13.9 Å². The first kappa shape index (κ1) is 16.8. The summed E-state index contributed by atoms with van der Waals surface area (Å²) in [6.45, 7) is 1.81. The summed E-state index contributed by atoms with van der Waals surface area (Å²) < 4.78 is 19.6. The molecule has 1 N–H and O–H groups in total. The molecule has 3 nitrogen and oxygen atoms in total. The first-order chi connectivity index (χ1) is 10.4. The SMILES string of the molecule is COc1ccc(C(C)NC(=O)c2cc(Cl)ccc2F)cc1Br. The van der Waals surface area contributed by atoms with E-state index in [1.807, 2.05) is 19.1 Å². The van der Waals surface area contributed by atoms with Gasteiger partial charge >= 0.3 is 0 Å². The summed E-state index contributed by atoms with van der Waals surface area (Å²) in [4.78, 5) is 12.2. The molecule has 6 heteroatoms. The Morgan fingerprint density at radius 3 is 2.68 bits per heavy atom. The highest BCUT2D eigenvalue weighted by Gasteiger charge is 2.16. The number of ether oxygens (including phenoxy) is 1. The topological polar surface area (TPSA) is 38.3 Å². The van der Waals surface area contributed by atoms with Crippen molar-refractivity contribution in [1.82, 2.24) is 5.32 Å². The summed E-state index contributed by atoms with van der Waals surface area (Å²) in [6.07, 6.45) is 0. The van der Waals surface area contributed by atoms with E-state index in [4.69, 9.17) is 16.3 Å². The van der Waals surface area contributed by atoms with Gasteiger partial charge in [0.25, 0.3) is 5.91 Å². The highest BCUT2D eigenvalue weighted by Crippen LogP contribution is 2.28. The lowest BCUT2D eigenvalue weighted by atomic mass is 10.1. The van der Waals surface area contributed by atoms with E-state index in [1.165, 1.54) is 18.2 Å². The van der Waals surface area contributed by atoms with E-state index in [0.29, 0.717) is 10.8 Å². The van der Waals surface area contributed by atoms with Crippen molar-refractivity contribution in [2.45, 2.75) is 13.0 Å². The van der Waals surface area contributed by atoms with Crippen LogP contribution in [0.2, 0.25) is 5.02 Å². The lowest BCUT2D eigenvalue weighted by Crippen LogP contribution is -2.27. The third kappa shape index (κ3) is 3.78. The molecule has 0 aliphatic rings. The van der Waals surface area contributed by atoms with E-state index in [2.05, 4.69) is 21.2 Å². The molecule has 0 spiro atoms. The van der Waals surface area contributed by atoms with Crippen LogP contribution in [0.1, 0.15) is 28.9 Å². The minimum Gasteiger partial charge on any atom is -0.496 e. The summed E-state index contributed by atoms with van der Waals surface area (Å²) in [7, 11) is 1.58. The molecular weight excluding hydrogens is 373 g/mol. The number of halogens is 3. The van der Waals surface area contributed by atoms with Crippen molar-refractivity contribution in [1.29, 1.82) is 0 Å². The normalized spacial score (nSPS) is 11.9. The van der Waals surface area contributed by atoms with E-state index in [1.54, 1.807) is 13.2 Å². The van der Waals surface area contributed by atoms with Gasteiger partial charge in [-0.25, -0.2) is 4.39 Å². The van der Waals surface area contributed by atoms with Crippen molar-refractivity contribution >= 4 is 33.4 Å². The van der Waals surface area contributed by atoms with Gasteiger partial charge in [0.2, 0.25) is 0 Å². The van der Waals surface area contributed by atoms with Crippen LogP contribution in [0, 0.1) is 5.82 Å². The van der Waals surface area contributed by atoms with Crippen LogP contribution < -0.4 is 10.1 Å². The summed E-state index contributed by atoms with van der Waals surface area (Å²) in [5, 5.41) is 3.06. The number of hydrogen-bond acceptors (Lipinski definition) is 2. The highest BCUT2D eigenvalue weighted by molar-refractivity contribution is 9.10. The van der Waals surface area contributed by atoms with E-state index in [9.17, 15) is 9.18 Å². The molecule has 2 rings (SSSR count). The zero-order valence-corrected chi connectivity index (χ0v) is 14.3. The van der Waals surface area contributed by atoms with Gasteiger partial charge in [-0.1, -0.05) is 17.7 Å². The molecule has 116 valence electrons. The number of hydrogen-bond donors (Lipinski definition) is 1. The second-order valence-electron chi connectivity index (χ2n) is 4.71. The summed E-state index contributed by atoms with van der Waals surface area (Å²) in [5.41, 5.74) is 0.787. The van der Waals surface area contributed by atoms with Crippen LogP contribution in [0.15, 0.2) is 40.9 Å². The summed E-state index contributed by atoms with van der Waals surface area (Å²) in [5.74, 6) is -0.424. The fourth-order valence-corrected chi connectivity index (χ4v) is 2.71. The minimum atomic E-state index is -0.606. The molecule has 0 aliphatic carbocycles. The van der Waals surface area contributed by atoms with Crippen LogP contribution >= 0.6 is 27.5 Å². The molecule has 0 aliphatic heterocycles. The second-order valence-corrected chi connectivity index (χ2v) is 6.00. The van der Waals surface area contributed by atoms with Gasteiger partial charge < -0.3 is 10.1 Å². The largest absolute Gasteiger partial charge is 0.496 e. The maximum atomic E-state index is 13.7. The van der Waals surface area contributed by atoms with Gasteiger partial charge in [-0.2, -0.15) is 0 Å². The molecule has 2 aromatic rings. The number of benzene rings is 2. The first-order valence-corrected chi connectivity index (χ1v) is 7.69. The number of nitrogens with one attached hydrogen (secondary N) is 1. The van der Waals surface area contributed by atoms with Gasteiger partial charge in [-0.15, -0.1) is 0 Å². The van der Waals surface area contributed by atoms with Gasteiger partial charge in [0.05, 0.1) is 23.2 Å².